The molecule has 4 rings (SSSR count). The zero-order chi connectivity index (χ0) is 20.2. The fourth-order valence-corrected chi connectivity index (χ4v) is 4.04. The molecule has 0 saturated carbocycles. The van der Waals surface area contributed by atoms with Crippen LogP contribution in [0.2, 0.25) is 10.0 Å². The van der Waals surface area contributed by atoms with Crippen molar-refractivity contribution in [3.63, 3.8) is 0 Å². The van der Waals surface area contributed by atoms with Crippen LogP contribution >= 0.6 is 23.2 Å². The summed E-state index contributed by atoms with van der Waals surface area (Å²) in [4.78, 5) is 14.3. The van der Waals surface area contributed by atoms with E-state index in [-0.39, 0.29) is 5.63 Å². The summed E-state index contributed by atoms with van der Waals surface area (Å²) in [5.41, 5.74) is 2.02. The summed E-state index contributed by atoms with van der Waals surface area (Å²) in [6, 6.07) is 15.0. The summed E-state index contributed by atoms with van der Waals surface area (Å²) in [5.74, 6) is 0. The first-order valence-electron chi connectivity index (χ1n) is 9.72. The average Bonchev–Trinajstić information content (AvgIpc) is 2.71. The van der Waals surface area contributed by atoms with E-state index in [9.17, 15) is 4.79 Å². The summed E-state index contributed by atoms with van der Waals surface area (Å²) in [5, 5.41) is 5.75. The normalized spacial score (nSPS) is 15.9. The van der Waals surface area contributed by atoms with Gasteiger partial charge in [0.05, 0.1) is 5.69 Å². The van der Waals surface area contributed by atoms with E-state index in [1.807, 2.05) is 30.3 Å². The smallest absolute Gasteiger partial charge is 0.338 e. The number of piperidine rings is 1. The number of benzene rings is 2. The molecule has 29 heavy (non-hydrogen) atoms. The molecule has 1 saturated heterocycles. The van der Waals surface area contributed by atoms with Crippen molar-refractivity contribution in [1.82, 2.24) is 4.90 Å². The highest BCUT2D eigenvalue weighted by Gasteiger charge is 2.19. The predicted octanol–water partition coefficient (Wildman–Crippen LogP) is 5.69. The molecule has 0 amide bonds. The molecule has 0 atom stereocenters. The Morgan fingerprint density at radius 2 is 1.90 bits per heavy atom. The third kappa shape index (κ3) is 5.02. The van der Waals surface area contributed by atoms with Crippen molar-refractivity contribution in [1.29, 1.82) is 0 Å². The highest BCUT2D eigenvalue weighted by atomic mass is 35.5. The molecule has 0 radical (unpaired) electrons. The number of anilines is 1. The molecule has 1 aromatic heterocycles. The summed E-state index contributed by atoms with van der Waals surface area (Å²) in [6.45, 7) is 2.88. The molecule has 150 valence electrons. The second-order valence-corrected chi connectivity index (χ2v) is 8.11. The molecule has 6 heteroatoms. The maximum Gasteiger partial charge on any atom is 0.338 e. The minimum Gasteiger partial charge on any atom is -0.423 e. The molecule has 2 aromatic carbocycles. The first-order chi connectivity index (χ1) is 14.1. The van der Waals surface area contributed by atoms with Crippen molar-refractivity contribution in [3.05, 3.63) is 80.6 Å². The van der Waals surface area contributed by atoms with Crippen molar-refractivity contribution in [3.8, 4) is 0 Å². The van der Waals surface area contributed by atoms with Crippen LogP contribution in [0.15, 0.2) is 63.8 Å². The van der Waals surface area contributed by atoms with E-state index in [1.54, 1.807) is 12.1 Å². The molecule has 3 aromatic rings. The highest BCUT2D eigenvalue weighted by molar-refractivity contribution is 6.32. The van der Waals surface area contributed by atoms with Crippen molar-refractivity contribution in [2.45, 2.75) is 18.9 Å². The van der Waals surface area contributed by atoms with Crippen LogP contribution < -0.4 is 10.9 Å². The summed E-state index contributed by atoms with van der Waals surface area (Å²) < 4.78 is 5.27. The average molecular weight is 429 g/mol. The molecule has 0 unspecified atom stereocenters. The van der Waals surface area contributed by atoms with Crippen LogP contribution in [-0.2, 0) is 0 Å². The number of rotatable bonds is 5. The zero-order valence-electron chi connectivity index (χ0n) is 15.9. The van der Waals surface area contributed by atoms with Gasteiger partial charge in [-0.05, 0) is 42.7 Å². The highest BCUT2D eigenvalue weighted by Crippen LogP contribution is 2.27. The fourth-order valence-electron chi connectivity index (χ4n) is 3.67. The summed E-state index contributed by atoms with van der Waals surface area (Å²) in [7, 11) is 0. The molecular formula is C23H22Cl2N2O2. The van der Waals surface area contributed by atoms with Crippen molar-refractivity contribution < 1.29 is 4.42 Å². The Bertz CT molecular complexity index is 1090. The molecule has 2 heterocycles. The molecule has 0 bridgehead atoms. The zero-order valence-corrected chi connectivity index (χ0v) is 17.4. The van der Waals surface area contributed by atoms with Gasteiger partial charge in [0.2, 0.25) is 0 Å². The van der Waals surface area contributed by atoms with E-state index in [4.69, 9.17) is 27.6 Å². The lowest BCUT2D eigenvalue weighted by Crippen LogP contribution is -2.39. The van der Waals surface area contributed by atoms with E-state index < -0.39 is 0 Å². The standard InChI is InChI=1S/C23H22Cl2N2O2/c24-17-7-8-22-19(14-17)21(15-23(28)29-22)26-18-9-12-27(13-10-18)11-3-5-16-4-1-2-6-20(16)25/h1-8,14-15,18,26H,9-13H2/b5-3+. The van der Waals surface area contributed by atoms with Gasteiger partial charge in [0.15, 0.2) is 0 Å². The summed E-state index contributed by atoms with van der Waals surface area (Å²) in [6.07, 6.45) is 6.24. The number of hydrogen-bond acceptors (Lipinski definition) is 4. The van der Waals surface area contributed by atoms with Gasteiger partial charge in [-0.25, -0.2) is 4.79 Å². The van der Waals surface area contributed by atoms with E-state index >= 15 is 0 Å². The van der Waals surface area contributed by atoms with Gasteiger partial charge in [0.25, 0.3) is 0 Å². The van der Waals surface area contributed by atoms with Gasteiger partial charge in [-0.2, -0.15) is 0 Å². The Kier molecular flexibility index (Phi) is 6.24. The molecule has 0 aliphatic carbocycles. The van der Waals surface area contributed by atoms with Crippen LogP contribution in [0.25, 0.3) is 17.0 Å². The van der Waals surface area contributed by atoms with E-state index in [0.717, 1.165) is 54.1 Å². The number of nitrogens with one attached hydrogen (secondary N) is 1. The van der Waals surface area contributed by atoms with Gasteiger partial charge in [-0.1, -0.05) is 53.6 Å². The van der Waals surface area contributed by atoms with Crippen LogP contribution in [0.4, 0.5) is 5.69 Å². The Balaban J connectivity index is 1.36. The third-order valence-corrected chi connectivity index (χ3v) is 5.80. The van der Waals surface area contributed by atoms with E-state index in [1.165, 1.54) is 6.07 Å². The largest absolute Gasteiger partial charge is 0.423 e. The van der Waals surface area contributed by atoms with Gasteiger partial charge >= 0.3 is 5.63 Å². The Morgan fingerprint density at radius 3 is 2.69 bits per heavy atom. The maximum absolute atomic E-state index is 11.9. The van der Waals surface area contributed by atoms with Gasteiger partial charge < -0.3 is 9.73 Å². The molecule has 4 nitrogen and oxygen atoms in total. The monoisotopic (exact) mass is 428 g/mol. The molecular weight excluding hydrogens is 407 g/mol. The van der Waals surface area contributed by atoms with E-state index in [2.05, 4.69) is 22.4 Å². The van der Waals surface area contributed by atoms with Crippen LogP contribution in [-0.4, -0.2) is 30.6 Å². The maximum atomic E-state index is 11.9. The summed E-state index contributed by atoms with van der Waals surface area (Å²) >= 11 is 12.3. The lowest BCUT2D eigenvalue weighted by molar-refractivity contribution is 0.240. The van der Waals surface area contributed by atoms with Gasteiger partial charge in [0.1, 0.15) is 5.58 Å². The minimum atomic E-state index is -0.357. The van der Waals surface area contributed by atoms with Crippen LogP contribution in [0.5, 0.6) is 0 Å². The van der Waals surface area contributed by atoms with Crippen LogP contribution in [0.1, 0.15) is 18.4 Å². The van der Waals surface area contributed by atoms with Crippen molar-refractivity contribution in [2.75, 3.05) is 25.0 Å². The Morgan fingerprint density at radius 1 is 1.10 bits per heavy atom. The number of hydrogen-bond donors (Lipinski definition) is 1. The van der Waals surface area contributed by atoms with Gasteiger partial charge in [0, 0.05) is 47.2 Å². The molecule has 1 aliphatic rings. The van der Waals surface area contributed by atoms with Crippen LogP contribution in [0.3, 0.4) is 0 Å². The molecule has 1 fully saturated rings. The third-order valence-electron chi connectivity index (χ3n) is 5.22. The van der Waals surface area contributed by atoms with Crippen molar-refractivity contribution in [2.24, 2.45) is 0 Å². The Labute approximate surface area is 179 Å². The van der Waals surface area contributed by atoms with E-state index in [0.29, 0.717) is 16.6 Å². The fraction of sp³-hybridized carbons (Fsp3) is 0.261. The number of likely N-dealkylation sites (tertiary alicyclic amines) is 1. The number of halogens is 2. The minimum absolute atomic E-state index is 0.308. The lowest BCUT2D eigenvalue weighted by Gasteiger charge is -2.32. The molecule has 0 spiro atoms. The second kappa shape index (κ2) is 9.04. The first kappa shape index (κ1) is 20.0. The SMILES string of the molecule is O=c1cc(NC2CCN(C/C=C/c3ccccc3Cl)CC2)c2cc(Cl)ccc2o1. The lowest BCUT2D eigenvalue weighted by atomic mass is 10.0. The van der Waals surface area contributed by atoms with Gasteiger partial charge in [-0.3, -0.25) is 4.90 Å². The predicted molar refractivity (Wildman–Crippen MR) is 121 cm³/mol. The molecule has 1 N–H and O–H groups in total. The van der Waals surface area contributed by atoms with Crippen LogP contribution in [0, 0.1) is 0 Å². The molecule has 1 aliphatic heterocycles. The topological polar surface area (TPSA) is 45.5 Å². The number of fused-ring (bicyclic) bond motifs is 1. The van der Waals surface area contributed by atoms with Crippen molar-refractivity contribution >= 4 is 45.9 Å². The second-order valence-electron chi connectivity index (χ2n) is 7.26. The Hall–Kier alpha value is -2.27. The quantitative estimate of drug-likeness (QED) is 0.530. The first-order valence-corrected chi connectivity index (χ1v) is 10.5. The van der Waals surface area contributed by atoms with Gasteiger partial charge in [-0.15, -0.1) is 0 Å². The number of nitrogens with zero attached hydrogens (tertiary/aromatic N) is 1.